The molecule has 2 rings (SSSR count). The molecular formula is C17H34N2. The minimum Gasteiger partial charge on any atom is -0.316 e. The fraction of sp³-hybridized carbons (Fsp3) is 1.00. The molecule has 0 aromatic rings. The van der Waals surface area contributed by atoms with Gasteiger partial charge in [-0.15, -0.1) is 0 Å². The molecule has 0 amide bonds. The van der Waals surface area contributed by atoms with Crippen molar-refractivity contribution in [1.29, 1.82) is 0 Å². The van der Waals surface area contributed by atoms with Crippen LogP contribution in [0, 0.1) is 23.2 Å². The second kappa shape index (κ2) is 6.13. The van der Waals surface area contributed by atoms with Crippen LogP contribution >= 0.6 is 0 Å². The largest absolute Gasteiger partial charge is 0.316 e. The second-order valence-corrected chi connectivity index (χ2v) is 8.02. The van der Waals surface area contributed by atoms with Crippen molar-refractivity contribution in [2.45, 2.75) is 59.9 Å². The van der Waals surface area contributed by atoms with E-state index < -0.39 is 0 Å². The molecule has 0 radical (unpaired) electrons. The van der Waals surface area contributed by atoms with Gasteiger partial charge in [0.25, 0.3) is 0 Å². The van der Waals surface area contributed by atoms with E-state index in [1.165, 1.54) is 45.4 Å². The average Bonchev–Trinajstić information content (AvgIpc) is 2.36. The molecule has 2 nitrogen and oxygen atoms in total. The van der Waals surface area contributed by atoms with Crippen molar-refractivity contribution < 1.29 is 0 Å². The molecule has 0 bridgehead atoms. The predicted octanol–water partition coefficient (Wildman–Crippen LogP) is 3.38. The molecule has 19 heavy (non-hydrogen) atoms. The van der Waals surface area contributed by atoms with E-state index in [2.05, 4.69) is 44.8 Å². The van der Waals surface area contributed by atoms with Gasteiger partial charge < -0.3 is 5.32 Å². The smallest absolute Gasteiger partial charge is 0.00930 e. The van der Waals surface area contributed by atoms with Crippen molar-refractivity contribution in [1.82, 2.24) is 10.2 Å². The number of nitrogens with one attached hydrogen (secondary N) is 1. The summed E-state index contributed by atoms with van der Waals surface area (Å²) in [5.74, 6) is 2.57. The summed E-state index contributed by atoms with van der Waals surface area (Å²) in [6.07, 6.45) is 4.17. The molecule has 2 fully saturated rings. The molecule has 2 aliphatic heterocycles. The first-order chi connectivity index (χ1) is 8.90. The summed E-state index contributed by atoms with van der Waals surface area (Å²) in [5.41, 5.74) is 0.443. The molecule has 4 atom stereocenters. The monoisotopic (exact) mass is 266 g/mol. The van der Waals surface area contributed by atoms with Gasteiger partial charge in [0.2, 0.25) is 0 Å². The van der Waals surface area contributed by atoms with Gasteiger partial charge in [-0.1, -0.05) is 27.7 Å². The summed E-state index contributed by atoms with van der Waals surface area (Å²) >= 11 is 0. The van der Waals surface area contributed by atoms with Gasteiger partial charge in [0.1, 0.15) is 0 Å². The van der Waals surface area contributed by atoms with E-state index in [4.69, 9.17) is 0 Å². The van der Waals surface area contributed by atoms with E-state index in [0.717, 1.165) is 23.8 Å². The lowest BCUT2D eigenvalue weighted by molar-refractivity contribution is 0.0214. The zero-order valence-corrected chi connectivity index (χ0v) is 13.7. The molecule has 2 saturated heterocycles. The Morgan fingerprint density at radius 2 is 1.95 bits per heavy atom. The number of nitrogens with zero attached hydrogens (tertiary/aromatic N) is 1. The first-order valence-electron chi connectivity index (χ1n) is 8.35. The van der Waals surface area contributed by atoms with Crippen molar-refractivity contribution in [3.63, 3.8) is 0 Å². The van der Waals surface area contributed by atoms with E-state index >= 15 is 0 Å². The van der Waals surface area contributed by atoms with Crippen molar-refractivity contribution in [2.24, 2.45) is 23.2 Å². The van der Waals surface area contributed by atoms with Crippen molar-refractivity contribution >= 4 is 0 Å². The molecule has 0 spiro atoms. The highest BCUT2D eigenvalue weighted by atomic mass is 15.2. The minimum atomic E-state index is 0.443. The zero-order chi connectivity index (χ0) is 14.0. The van der Waals surface area contributed by atoms with Gasteiger partial charge in [0, 0.05) is 19.1 Å². The molecule has 0 aromatic heterocycles. The van der Waals surface area contributed by atoms with Crippen LogP contribution in [0.2, 0.25) is 0 Å². The second-order valence-electron chi connectivity index (χ2n) is 8.02. The van der Waals surface area contributed by atoms with Crippen LogP contribution in [0.15, 0.2) is 0 Å². The van der Waals surface area contributed by atoms with Crippen LogP contribution in [0.3, 0.4) is 0 Å². The molecule has 1 N–H and O–H groups in total. The fourth-order valence-electron chi connectivity index (χ4n) is 4.21. The molecule has 2 heteroatoms. The van der Waals surface area contributed by atoms with Gasteiger partial charge in [-0.05, 0) is 62.4 Å². The lowest BCUT2D eigenvalue weighted by atomic mass is 9.73. The first kappa shape index (κ1) is 15.3. The molecule has 2 aliphatic rings. The lowest BCUT2D eigenvalue weighted by Gasteiger charge is -2.47. The van der Waals surface area contributed by atoms with Crippen LogP contribution in [-0.4, -0.2) is 37.1 Å². The summed E-state index contributed by atoms with van der Waals surface area (Å²) in [4.78, 5) is 2.77. The Morgan fingerprint density at radius 3 is 2.58 bits per heavy atom. The standard InChI is InChI=1S/C17H34N2/c1-13-9-14(2)15(3)19(11-13)12-17(4,5)16-7-6-8-18-10-16/h13-16,18H,6-12H2,1-5H3. The van der Waals surface area contributed by atoms with E-state index in [0.29, 0.717) is 5.41 Å². The molecule has 4 unspecified atom stereocenters. The van der Waals surface area contributed by atoms with Gasteiger partial charge in [-0.3, -0.25) is 4.90 Å². The van der Waals surface area contributed by atoms with Gasteiger partial charge in [-0.25, -0.2) is 0 Å². The average molecular weight is 266 g/mol. The number of rotatable bonds is 3. The SMILES string of the molecule is CC1CC(C)C(C)N(CC(C)(C)C2CCCNC2)C1. The van der Waals surface area contributed by atoms with Crippen LogP contribution in [0.1, 0.15) is 53.9 Å². The third-order valence-electron chi connectivity index (χ3n) is 5.73. The van der Waals surface area contributed by atoms with E-state index in [9.17, 15) is 0 Å². The maximum Gasteiger partial charge on any atom is 0.00930 e. The van der Waals surface area contributed by atoms with E-state index in [-0.39, 0.29) is 0 Å². The Labute approximate surface area is 120 Å². The molecular weight excluding hydrogens is 232 g/mol. The Kier molecular flexibility index (Phi) is 4.94. The molecule has 0 aromatic carbocycles. The van der Waals surface area contributed by atoms with Crippen LogP contribution in [-0.2, 0) is 0 Å². The highest BCUT2D eigenvalue weighted by Gasteiger charge is 2.36. The number of piperidine rings is 2. The molecule has 112 valence electrons. The van der Waals surface area contributed by atoms with Crippen LogP contribution < -0.4 is 5.32 Å². The van der Waals surface area contributed by atoms with Gasteiger partial charge in [-0.2, -0.15) is 0 Å². The van der Waals surface area contributed by atoms with E-state index in [1.54, 1.807) is 0 Å². The zero-order valence-electron chi connectivity index (χ0n) is 13.7. The third-order valence-corrected chi connectivity index (χ3v) is 5.73. The Hall–Kier alpha value is -0.0800. The highest BCUT2D eigenvalue weighted by Crippen LogP contribution is 2.36. The van der Waals surface area contributed by atoms with Gasteiger partial charge >= 0.3 is 0 Å². The summed E-state index contributed by atoms with van der Waals surface area (Å²) in [6.45, 7) is 17.3. The number of hydrogen-bond donors (Lipinski definition) is 1. The summed E-state index contributed by atoms with van der Waals surface area (Å²) in [6, 6.07) is 0.757. The maximum absolute atomic E-state index is 3.59. The number of likely N-dealkylation sites (tertiary alicyclic amines) is 1. The Balaban J connectivity index is 1.97. The van der Waals surface area contributed by atoms with Crippen LogP contribution in [0.25, 0.3) is 0 Å². The lowest BCUT2D eigenvalue weighted by Crippen LogP contribution is -2.52. The topological polar surface area (TPSA) is 15.3 Å². The third kappa shape index (κ3) is 3.72. The van der Waals surface area contributed by atoms with Gasteiger partial charge in [0.05, 0.1) is 0 Å². The Bertz CT molecular complexity index is 281. The normalized spacial score (nSPS) is 38.4. The van der Waals surface area contributed by atoms with Crippen LogP contribution in [0.4, 0.5) is 0 Å². The Morgan fingerprint density at radius 1 is 1.21 bits per heavy atom. The summed E-state index contributed by atoms with van der Waals surface area (Å²) in [7, 11) is 0. The summed E-state index contributed by atoms with van der Waals surface area (Å²) in [5, 5.41) is 3.59. The first-order valence-corrected chi connectivity index (χ1v) is 8.35. The molecule has 2 heterocycles. The van der Waals surface area contributed by atoms with Crippen molar-refractivity contribution in [3.8, 4) is 0 Å². The summed E-state index contributed by atoms with van der Waals surface area (Å²) < 4.78 is 0. The van der Waals surface area contributed by atoms with Crippen molar-refractivity contribution in [2.75, 3.05) is 26.2 Å². The van der Waals surface area contributed by atoms with Crippen LogP contribution in [0.5, 0.6) is 0 Å². The van der Waals surface area contributed by atoms with E-state index in [1.807, 2.05) is 0 Å². The predicted molar refractivity (Wildman–Crippen MR) is 83.4 cm³/mol. The highest BCUT2D eigenvalue weighted by molar-refractivity contribution is 4.90. The molecule has 0 saturated carbocycles. The molecule has 0 aliphatic carbocycles. The number of hydrogen-bond acceptors (Lipinski definition) is 2. The quantitative estimate of drug-likeness (QED) is 0.842. The fourth-order valence-corrected chi connectivity index (χ4v) is 4.21. The minimum absolute atomic E-state index is 0.443. The maximum atomic E-state index is 3.59. The van der Waals surface area contributed by atoms with Crippen molar-refractivity contribution in [3.05, 3.63) is 0 Å². The van der Waals surface area contributed by atoms with Gasteiger partial charge in [0.15, 0.2) is 0 Å².